The molecule has 2 atom stereocenters. The minimum Gasteiger partial charge on any atom is -0.363 e. The SMILES string of the molecule is CC1(C2CCS(=O)(=O)C2)CNC(=O)CO1. The molecule has 1 N–H and O–H groups in total. The first-order valence-corrected chi connectivity index (χ1v) is 6.84. The van der Waals surface area contributed by atoms with E-state index in [1.807, 2.05) is 6.92 Å². The van der Waals surface area contributed by atoms with Gasteiger partial charge in [-0.1, -0.05) is 0 Å². The molecule has 0 spiro atoms. The first-order valence-electron chi connectivity index (χ1n) is 5.02. The van der Waals surface area contributed by atoms with E-state index >= 15 is 0 Å². The summed E-state index contributed by atoms with van der Waals surface area (Å²) in [4.78, 5) is 10.9. The summed E-state index contributed by atoms with van der Waals surface area (Å²) in [6.45, 7) is 2.32. The van der Waals surface area contributed by atoms with Gasteiger partial charge in [0.25, 0.3) is 0 Å². The van der Waals surface area contributed by atoms with E-state index in [0.29, 0.717) is 13.0 Å². The number of rotatable bonds is 1. The Balaban J connectivity index is 2.08. The van der Waals surface area contributed by atoms with Gasteiger partial charge in [-0.05, 0) is 13.3 Å². The van der Waals surface area contributed by atoms with Crippen LogP contribution in [0.5, 0.6) is 0 Å². The molecular formula is C9H15NO4S. The van der Waals surface area contributed by atoms with Crippen molar-refractivity contribution in [3.8, 4) is 0 Å². The summed E-state index contributed by atoms with van der Waals surface area (Å²) < 4.78 is 28.2. The molecule has 0 radical (unpaired) electrons. The lowest BCUT2D eigenvalue weighted by Crippen LogP contribution is -2.55. The van der Waals surface area contributed by atoms with Crippen molar-refractivity contribution in [2.45, 2.75) is 18.9 Å². The minimum atomic E-state index is -2.89. The normalized spacial score (nSPS) is 40.1. The molecule has 2 fully saturated rings. The monoisotopic (exact) mass is 233 g/mol. The van der Waals surface area contributed by atoms with Crippen LogP contribution in [0.15, 0.2) is 0 Å². The van der Waals surface area contributed by atoms with Crippen molar-refractivity contribution in [1.82, 2.24) is 5.32 Å². The van der Waals surface area contributed by atoms with E-state index in [-0.39, 0.29) is 29.9 Å². The molecule has 15 heavy (non-hydrogen) atoms. The number of carbonyl (C=O) groups excluding carboxylic acids is 1. The summed E-state index contributed by atoms with van der Waals surface area (Å²) in [5.74, 6) is 0.292. The summed E-state index contributed by atoms with van der Waals surface area (Å²) in [5, 5.41) is 2.72. The molecule has 0 bridgehead atoms. The molecule has 2 heterocycles. The Morgan fingerprint density at radius 2 is 2.27 bits per heavy atom. The maximum atomic E-state index is 11.3. The highest BCUT2D eigenvalue weighted by Crippen LogP contribution is 2.32. The number of ether oxygens (including phenoxy) is 1. The Morgan fingerprint density at radius 1 is 1.53 bits per heavy atom. The summed E-state index contributed by atoms with van der Waals surface area (Å²) in [5.41, 5.74) is -0.516. The molecule has 0 saturated carbocycles. The smallest absolute Gasteiger partial charge is 0.246 e. The van der Waals surface area contributed by atoms with Gasteiger partial charge in [0.1, 0.15) is 6.61 Å². The van der Waals surface area contributed by atoms with Crippen molar-refractivity contribution >= 4 is 15.7 Å². The summed E-state index contributed by atoms with van der Waals surface area (Å²) in [6, 6.07) is 0. The van der Waals surface area contributed by atoms with Crippen molar-refractivity contribution in [3.63, 3.8) is 0 Å². The maximum absolute atomic E-state index is 11.3. The molecule has 2 aliphatic heterocycles. The number of nitrogens with one attached hydrogen (secondary N) is 1. The molecule has 2 rings (SSSR count). The zero-order chi connectivity index (χ0) is 11.1. The highest BCUT2D eigenvalue weighted by Gasteiger charge is 2.44. The van der Waals surface area contributed by atoms with Gasteiger partial charge in [0.05, 0.1) is 17.1 Å². The Hall–Kier alpha value is -0.620. The predicted octanol–water partition coefficient (Wildman–Crippen LogP) is -0.674. The minimum absolute atomic E-state index is 0.00287. The zero-order valence-corrected chi connectivity index (χ0v) is 9.47. The van der Waals surface area contributed by atoms with Gasteiger partial charge >= 0.3 is 0 Å². The molecule has 2 unspecified atom stereocenters. The quantitative estimate of drug-likeness (QED) is 0.651. The summed E-state index contributed by atoms with van der Waals surface area (Å²) >= 11 is 0. The number of hydrogen-bond acceptors (Lipinski definition) is 4. The van der Waals surface area contributed by atoms with Gasteiger partial charge in [-0.3, -0.25) is 4.79 Å². The first-order chi connectivity index (χ1) is 6.91. The van der Waals surface area contributed by atoms with E-state index in [0.717, 1.165) is 0 Å². The number of hydrogen-bond donors (Lipinski definition) is 1. The average Bonchev–Trinajstić information content (AvgIpc) is 2.52. The van der Waals surface area contributed by atoms with Crippen LogP contribution >= 0.6 is 0 Å². The van der Waals surface area contributed by atoms with Gasteiger partial charge in [0.15, 0.2) is 9.84 Å². The maximum Gasteiger partial charge on any atom is 0.246 e. The van der Waals surface area contributed by atoms with E-state index in [1.165, 1.54) is 0 Å². The van der Waals surface area contributed by atoms with Gasteiger partial charge in [-0.15, -0.1) is 0 Å². The van der Waals surface area contributed by atoms with Crippen LogP contribution in [0.4, 0.5) is 0 Å². The third-order valence-corrected chi connectivity index (χ3v) is 5.03. The number of amides is 1. The van der Waals surface area contributed by atoms with Crippen LogP contribution in [-0.4, -0.2) is 44.6 Å². The van der Waals surface area contributed by atoms with E-state index < -0.39 is 15.4 Å². The van der Waals surface area contributed by atoms with Gasteiger partial charge < -0.3 is 10.1 Å². The van der Waals surface area contributed by atoms with Crippen molar-refractivity contribution in [3.05, 3.63) is 0 Å². The van der Waals surface area contributed by atoms with E-state index in [4.69, 9.17) is 4.74 Å². The molecule has 86 valence electrons. The molecular weight excluding hydrogens is 218 g/mol. The van der Waals surface area contributed by atoms with Crippen LogP contribution in [0.1, 0.15) is 13.3 Å². The van der Waals surface area contributed by atoms with Crippen molar-refractivity contribution in [1.29, 1.82) is 0 Å². The average molecular weight is 233 g/mol. The second kappa shape index (κ2) is 3.45. The standard InChI is InChI=1S/C9H15NO4S/c1-9(6-10-8(11)4-14-9)7-2-3-15(12,13)5-7/h7H,2-6H2,1H3,(H,10,11). The molecule has 6 heteroatoms. The van der Waals surface area contributed by atoms with Crippen molar-refractivity contribution in [2.24, 2.45) is 5.92 Å². The predicted molar refractivity (Wildman–Crippen MR) is 54.1 cm³/mol. The third kappa shape index (κ3) is 2.15. The van der Waals surface area contributed by atoms with Crippen LogP contribution in [0.2, 0.25) is 0 Å². The van der Waals surface area contributed by atoms with E-state index in [1.54, 1.807) is 0 Å². The number of carbonyl (C=O) groups is 1. The largest absolute Gasteiger partial charge is 0.363 e. The Morgan fingerprint density at radius 3 is 2.73 bits per heavy atom. The second-order valence-corrected chi connectivity index (χ2v) is 6.71. The fraction of sp³-hybridized carbons (Fsp3) is 0.889. The van der Waals surface area contributed by atoms with Crippen LogP contribution < -0.4 is 5.32 Å². The number of sulfone groups is 1. The second-order valence-electron chi connectivity index (χ2n) is 4.48. The summed E-state index contributed by atoms with van der Waals surface area (Å²) in [6.07, 6.45) is 0.634. The lowest BCUT2D eigenvalue weighted by Gasteiger charge is -2.38. The molecule has 0 aliphatic carbocycles. The fourth-order valence-electron chi connectivity index (χ4n) is 2.15. The molecule has 5 nitrogen and oxygen atoms in total. The lowest BCUT2D eigenvalue weighted by molar-refractivity contribution is -0.147. The zero-order valence-electron chi connectivity index (χ0n) is 8.65. The van der Waals surface area contributed by atoms with Gasteiger partial charge in [-0.25, -0.2) is 8.42 Å². The van der Waals surface area contributed by atoms with Gasteiger partial charge in [0.2, 0.25) is 5.91 Å². The molecule has 0 aromatic rings. The van der Waals surface area contributed by atoms with Gasteiger partial charge in [0, 0.05) is 12.5 Å². The topological polar surface area (TPSA) is 72.5 Å². The number of morpholine rings is 1. The Bertz CT molecular complexity index is 366. The Labute approximate surface area is 89.1 Å². The van der Waals surface area contributed by atoms with Crippen LogP contribution in [0.3, 0.4) is 0 Å². The summed E-state index contributed by atoms with van der Waals surface area (Å²) in [7, 11) is -2.89. The molecule has 0 aromatic heterocycles. The molecule has 2 aliphatic rings. The van der Waals surface area contributed by atoms with E-state index in [2.05, 4.69) is 5.32 Å². The molecule has 0 aromatic carbocycles. The van der Waals surface area contributed by atoms with Crippen molar-refractivity contribution < 1.29 is 17.9 Å². The molecule has 2 saturated heterocycles. The highest BCUT2D eigenvalue weighted by atomic mass is 32.2. The fourth-order valence-corrected chi connectivity index (χ4v) is 4.09. The highest BCUT2D eigenvalue weighted by molar-refractivity contribution is 7.91. The van der Waals surface area contributed by atoms with Crippen LogP contribution in [0, 0.1) is 5.92 Å². The van der Waals surface area contributed by atoms with Crippen molar-refractivity contribution in [2.75, 3.05) is 24.7 Å². The molecule has 1 amide bonds. The first kappa shape index (κ1) is 10.9. The van der Waals surface area contributed by atoms with Crippen LogP contribution in [0.25, 0.3) is 0 Å². The van der Waals surface area contributed by atoms with E-state index in [9.17, 15) is 13.2 Å². The lowest BCUT2D eigenvalue weighted by atomic mass is 9.87. The van der Waals surface area contributed by atoms with Crippen LogP contribution in [-0.2, 0) is 19.4 Å². The van der Waals surface area contributed by atoms with Gasteiger partial charge in [-0.2, -0.15) is 0 Å². The Kier molecular flexibility index (Phi) is 2.50. The third-order valence-electron chi connectivity index (χ3n) is 3.27.